The fraction of sp³-hybridized carbons (Fsp3) is 0.812. The lowest BCUT2D eigenvalue weighted by Gasteiger charge is -2.23. The highest BCUT2D eigenvalue weighted by molar-refractivity contribution is 5.83. The molecule has 2 amide bonds. The van der Waals surface area contributed by atoms with Crippen LogP contribution in [-0.4, -0.2) is 60.1 Å². The highest BCUT2D eigenvalue weighted by atomic mass is 16.4. The first-order chi connectivity index (χ1) is 11.6. The average Bonchev–Trinajstić information content (AvgIpc) is 3.23. The first-order valence-electron chi connectivity index (χ1n) is 8.62. The fourth-order valence-electron chi connectivity index (χ4n) is 2.95. The lowest BCUT2D eigenvalue weighted by atomic mass is 10.0. The molecule has 7 N–H and O–H groups in total. The van der Waals surface area contributed by atoms with Crippen molar-refractivity contribution in [2.24, 2.45) is 29.2 Å². The number of hydrazine groups is 1. The number of rotatable bonds is 11. The van der Waals surface area contributed by atoms with Gasteiger partial charge in [0.1, 0.15) is 6.54 Å². The SMILES string of the molecule is CC(C)C[C@@H](N)C(=O)N[C@H](CC(=O)NN(C)CC(=O)O)[C@H]1C[C@H]1CN. The average molecular weight is 357 g/mol. The van der Waals surface area contributed by atoms with Gasteiger partial charge in [-0.25, -0.2) is 5.01 Å². The highest BCUT2D eigenvalue weighted by Gasteiger charge is 2.43. The maximum atomic E-state index is 12.3. The van der Waals surface area contributed by atoms with E-state index < -0.39 is 12.0 Å². The van der Waals surface area contributed by atoms with Crippen LogP contribution in [-0.2, 0) is 14.4 Å². The number of carboxylic acids is 1. The second kappa shape index (κ2) is 9.69. The van der Waals surface area contributed by atoms with Crippen molar-refractivity contribution in [2.45, 2.75) is 45.2 Å². The van der Waals surface area contributed by atoms with E-state index in [2.05, 4.69) is 10.7 Å². The lowest BCUT2D eigenvalue weighted by molar-refractivity contribution is -0.139. The van der Waals surface area contributed by atoms with E-state index in [1.165, 1.54) is 12.1 Å². The topological polar surface area (TPSA) is 151 Å². The monoisotopic (exact) mass is 357 g/mol. The van der Waals surface area contributed by atoms with Crippen LogP contribution in [0.2, 0.25) is 0 Å². The van der Waals surface area contributed by atoms with Gasteiger partial charge in [-0.3, -0.25) is 19.8 Å². The number of nitrogens with zero attached hydrogens (tertiary/aromatic N) is 1. The zero-order valence-corrected chi connectivity index (χ0v) is 15.2. The van der Waals surface area contributed by atoms with Crippen LogP contribution >= 0.6 is 0 Å². The summed E-state index contributed by atoms with van der Waals surface area (Å²) in [5, 5.41) is 12.8. The Morgan fingerprint density at radius 2 is 1.96 bits per heavy atom. The van der Waals surface area contributed by atoms with Gasteiger partial charge in [0.05, 0.1) is 6.04 Å². The number of carbonyl (C=O) groups is 3. The van der Waals surface area contributed by atoms with Gasteiger partial charge in [-0.2, -0.15) is 0 Å². The molecule has 1 saturated carbocycles. The minimum atomic E-state index is -1.04. The summed E-state index contributed by atoms with van der Waals surface area (Å²) in [5.74, 6) is -0.934. The van der Waals surface area contributed by atoms with Crippen molar-refractivity contribution >= 4 is 17.8 Å². The van der Waals surface area contributed by atoms with Gasteiger partial charge in [-0.05, 0) is 37.1 Å². The second-order valence-electron chi connectivity index (χ2n) is 7.24. The summed E-state index contributed by atoms with van der Waals surface area (Å²) >= 11 is 0. The van der Waals surface area contributed by atoms with E-state index in [0.29, 0.717) is 18.9 Å². The van der Waals surface area contributed by atoms with Gasteiger partial charge in [-0.15, -0.1) is 0 Å². The van der Waals surface area contributed by atoms with Crippen LogP contribution in [0.4, 0.5) is 0 Å². The van der Waals surface area contributed by atoms with Gasteiger partial charge >= 0.3 is 5.97 Å². The molecule has 0 heterocycles. The van der Waals surface area contributed by atoms with Crippen molar-refractivity contribution in [3.05, 3.63) is 0 Å². The summed E-state index contributed by atoms with van der Waals surface area (Å²) in [6.07, 6.45) is 1.49. The normalized spacial score (nSPS) is 21.7. The van der Waals surface area contributed by atoms with Gasteiger partial charge < -0.3 is 21.9 Å². The third-order valence-electron chi connectivity index (χ3n) is 4.28. The summed E-state index contributed by atoms with van der Waals surface area (Å²) in [6, 6.07) is -0.965. The number of hydrogen-bond acceptors (Lipinski definition) is 6. The molecule has 9 heteroatoms. The lowest BCUT2D eigenvalue weighted by Crippen LogP contribution is -2.50. The van der Waals surface area contributed by atoms with Crippen LogP contribution < -0.4 is 22.2 Å². The van der Waals surface area contributed by atoms with E-state index >= 15 is 0 Å². The van der Waals surface area contributed by atoms with Gasteiger partial charge in [0, 0.05) is 19.5 Å². The Balaban J connectivity index is 2.60. The zero-order valence-electron chi connectivity index (χ0n) is 15.2. The Morgan fingerprint density at radius 3 is 2.44 bits per heavy atom. The molecule has 9 nitrogen and oxygen atoms in total. The molecule has 1 aliphatic rings. The zero-order chi connectivity index (χ0) is 19.1. The largest absolute Gasteiger partial charge is 0.480 e. The first kappa shape index (κ1) is 21.3. The van der Waals surface area contributed by atoms with Crippen molar-refractivity contribution in [3.8, 4) is 0 Å². The molecule has 0 radical (unpaired) electrons. The smallest absolute Gasteiger partial charge is 0.319 e. The number of carboxylic acid groups (broad SMARTS) is 1. The van der Waals surface area contributed by atoms with Gasteiger partial charge in [-0.1, -0.05) is 13.8 Å². The number of carbonyl (C=O) groups excluding carboxylic acids is 2. The molecule has 0 unspecified atom stereocenters. The molecule has 0 saturated heterocycles. The molecule has 25 heavy (non-hydrogen) atoms. The Bertz CT molecular complexity index is 485. The quantitative estimate of drug-likeness (QED) is 0.294. The van der Waals surface area contributed by atoms with Gasteiger partial charge in [0.2, 0.25) is 11.8 Å². The summed E-state index contributed by atoms with van der Waals surface area (Å²) < 4.78 is 0. The van der Waals surface area contributed by atoms with Crippen LogP contribution in [0.1, 0.15) is 33.1 Å². The summed E-state index contributed by atoms with van der Waals surface area (Å²) in [7, 11) is 1.47. The molecule has 144 valence electrons. The van der Waals surface area contributed by atoms with Gasteiger partial charge in [0.15, 0.2) is 0 Å². The number of nitrogens with two attached hydrogens (primary N) is 2. The van der Waals surface area contributed by atoms with Gasteiger partial charge in [0.25, 0.3) is 0 Å². The van der Waals surface area contributed by atoms with Crippen LogP contribution in [0.15, 0.2) is 0 Å². The Morgan fingerprint density at radius 1 is 1.32 bits per heavy atom. The van der Waals surface area contributed by atoms with Crippen LogP contribution in [0.5, 0.6) is 0 Å². The molecular weight excluding hydrogens is 326 g/mol. The minimum Gasteiger partial charge on any atom is -0.480 e. The van der Waals surface area contributed by atoms with E-state index in [1.54, 1.807) is 0 Å². The molecular formula is C16H31N5O4. The molecule has 1 fully saturated rings. The maximum absolute atomic E-state index is 12.3. The summed E-state index contributed by atoms with van der Waals surface area (Å²) in [6.45, 7) is 4.18. The Labute approximate surface area is 148 Å². The van der Waals surface area contributed by atoms with E-state index in [1.807, 2.05) is 13.8 Å². The van der Waals surface area contributed by atoms with Crippen LogP contribution in [0.25, 0.3) is 0 Å². The third kappa shape index (κ3) is 7.80. The van der Waals surface area contributed by atoms with Crippen molar-refractivity contribution in [1.82, 2.24) is 15.8 Å². The van der Waals surface area contributed by atoms with Crippen LogP contribution in [0, 0.1) is 17.8 Å². The van der Waals surface area contributed by atoms with Crippen molar-refractivity contribution in [2.75, 3.05) is 20.1 Å². The van der Waals surface area contributed by atoms with E-state index in [0.717, 1.165) is 6.42 Å². The van der Waals surface area contributed by atoms with Crippen molar-refractivity contribution < 1.29 is 19.5 Å². The van der Waals surface area contributed by atoms with E-state index in [4.69, 9.17) is 16.6 Å². The summed E-state index contributed by atoms with van der Waals surface area (Å²) in [4.78, 5) is 35.1. The number of likely N-dealkylation sites (N-methyl/N-ethyl adjacent to an activating group) is 1. The molecule has 0 aromatic carbocycles. The fourth-order valence-corrected chi connectivity index (χ4v) is 2.95. The number of nitrogens with one attached hydrogen (secondary N) is 2. The number of aliphatic carboxylic acids is 1. The van der Waals surface area contributed by atoms with Crippen molar-refractivity contribution in [1.29, 1.82) is 0 Å². The highest BCUT2D eigenvalue weighted by Crippen LogP contribution is 2.41. The predicted octanol–water partition coefficient (Wildman–Crippen LogP) is -1.12. The Hall–Kier alpha value is -1.71. The minimum absolute atomic E-state index is 0.0608. The molecule has 0 aromatic heterocycles. The predicted molar refractivity (Wildman–Crippen MR) is 93.0 cm³/mol. The van der Waals surface area contributed by atoms with Crippen molar-refractivity contribution in [3.63, 3.8) is 0 Å². The molecule has 0 spiro atoms. The number of amides is 2. The number of hydrogen-bond donors (Lipinski definition) is 5. The molecule has 0 aromatic rings. The maximum Gasteiger partial charge on any atom is 0.319 e. The third-order valence-corrected chi connectivity index (χ3v) is 4.28. The molecule has 0 aliphatic heterocycles. The van der Waals surface area contributed by atoms with E-state index in [9.17, 15) is 14.4 Å². The second-order valence-corrected chi connectivity index (χ2v) is 7.24. The standard InChI is InChI=1S/C16H31N5O4/c1-9(2)4-12(18)16(25)19-13(11-5-10(11)7-17)6-14(22)20-21(3)8-15(23)24/h9-13H,4-8,17-18H2,1-3H3,(H,19,25)(H,20,22)(H,23,24)/t10-,11-,12+,13+/m0/s1. The first-order valence-corrected chi connectivity index (χ1v) is 8.62. The molecule has 1 aliphatic carbocycles. The molecule has 0 bridgehead atoms. The summed E-state index contributed by atoms with van der Waals surface area (Å²) in [5.41, 5.74) is 14.1. The van der Waals surface area contributed by atoms with Crippen LogP contribution in [0.3, 0.4) is 0 Å². The molecule has 1 rings (SSSR count). The Kier molecular flexibility index (Phi) is 8.27. The molecule has 4 atom stereocenters. The van der Waals surface area contributed by atoms with E-state index in [-0.39, 0.29) is 42.7 Å².